The van der Waals surface area contributed by atoms with E-state index < -0.39 is 10.8 Å². The molecule has 0 bridgehead atoms. The van der Waals surface area contributed by atoms with Crippen molar-refractivity contribution < 1.29 is 14.4 Å². The van der Waals surface area contributed by atoms with Crippen molar-refractivity contribution in [3.8, 4) is 6.07 Å². The molecular weight excluding hydrogens is 508 g/mol. The van der Waals surface area contributed by atoms with Gasteiger partial charge in [-0.05, 0) is 105 Å². The first-order valence-electron chi connectivity index (χ1n) is 16.1. The number of nitriles is 1. The molecule has 1 amide bonds. The zero-order valence-electron chi connectivity index (χ0n) is 27.0. The van der Waals surface area contributed by atoms with Gasteiger partial charge in [-0.2, -0.15) is 5.26 Å². The first kappa shape index (κ1) is 30.2. The van der Waals surface area contributed by atoms with Gasteiger partial charge in [0.1, 0.15) is 6.07 Å². The summed E-state index contributed by atoms with van der Waals surface area (Å²) in [6, 6.07) is 2.34. The highest BCUT2D eigenvalue weighted by Gasteiger charge is 2.69. The van der Waals surface area contributed by atoms with Gasteiger partial charge in [0.25, 0.3) is 0 Å². The molecule has 0 radical (unpaired) electrons. The Balaban J connectivity index is 1.60. The monoisotopic (exact) mass is 560 g/mol. The van der Waals surface area contributed by atoms with Crippen LogP contribution in [0.5, 0.6) is 0 Å². The van der Waals surface area contributed by atoms with E-state index in [4.69, 9.17) is 0 Å². The highest BCUT2D eigenvalue weighted by molar-refractivity contribution is 6.04. The maximum atomic E-state index is 14.6. The molecule has 5 rings (SSSR count). The Hall–Kier alpha value is -2.22. The highest BCUT2D eigenvalue weighted by Crippen LogP contribution is 2.75. The Bertz CT molecular complexity index is 1280. The summed E-state index contributed by atoms with van der Waals surface area (Å²) in [6.07, 6.45) is 12.4. The van der Waals surface area contributed by atoms with E-state index >= 15 is 0 Å². The van der Waals surface area contributed by atoms with Gasteiger partial charge in [0.05, 0.1) is 5.57 Å². The molecule has 5 heteroatoms. The van der Waals surface area contributed by atoms with Gasteiger partial charge < -0.3 is 5.32 Å². The van der Waals surface area contributed by atoms with Crippen LogP contribution < -0.4 is 5.32 Å². The maximum Gasteiger partial charge on any atom is 0.220 e. The van der Waals surface area contributed by atoms with Crippen LogP contribution in [0.4, 0.5) is 0 Å². The lowest BCUT2D eigenvalue weighted by Gasteiger charge is -2.69. The van der Waals surface area contributed by atoms with E-state index in [1.807, 2.05) is 39.8 Å². The molecule has 0 heterocycles. The Morgan fingerprint density at radius 1 is 1.02 bits per heavy atom. The number of fused-ring (bicyclic) bond motifs is 7. The van der Waals surface area contributed by atoms with Crippen molar-refractivity contribution in [1.29, 1.82) is 5.26 Å². The minimum Gasteiger partial charge on any atom is -0.354 e. The molecule has 0 aromatic heterocycles. The number of nitrogens with one attached hydrogen (secondary N) is 1. The number of Topliss-reactive ketones (excluding diaryl/α,β-unsaturated/α-hetero) is 1. The van der Waals surface area contributed by atoms with Crippen LogP contribution in [-0.2, 0) is 14.4 Å². The predicted octanol–water partition coefficient (Wildman–Crippen LogP) is 7.51. The van der Waals surface area contributed by atoms with Crippen molar-refractivity contribution in [3.05, 3.63) is 23.3 Å². The molecule has 224 valence electrons. The maximum absolute atomic E-state index is 14.6. The van der Waals surface area contributed by atoms with Gasteiger partial charge >= 0.3 is 0 Å². The zero-order valence-corrected chi connectivity index (χ0v) is 27.0. The second-order valence-electron chi connectivity index (χ2n) is 16.8. The Morgan fingerprint density at radius 3 is 2.32 bits per heavy atom. The first-order valence-corrected chi connectivity index (χ1v) is 16.1. The number of ketones is 2. The van der Waals surface area contributed by atoms with E-state index in [1.54, 1.807) is 0 Å². The average molecular weight is 561 g/mol. The predicted molar refractivity (Wildman–Crippen MR) is 161 cm³/mol. The largest absolute Gasteiger partial charge is 0.354 e. The van der Waals surface area contributed by atoms with Crippen LogP contribution in [0.1, 0.15) is 120 Å². The van der Waals surface area contributed by atoms with Crippen molar-refractivity contribution in [2.75, 3.05) is 0 Å². The van der Waals surface area contributed by atoms with Crippen LogP contribution in [0.15, 0.2) is 23.3 Å². The summed E-state index contributed by atoms with van der Waals surface area (Å²) in [5, 5.41) is 13.0. The van der Waals surface area contributed by atoms with E-state index in [-0.39, 0.29) is 68.5 Å². The smallest absolute Gasteiger partial charge is 0.220 e. The number of amides is 1. The topological polar surface area (TPSA) is 87.0 Å². The number of hydrogen-bond donors (Lipinski definition) is 1. The van der Waals surface area contributed by atoms with Crippen LogP contribution in [0.25, 0.3) is 0 Å². The Morgan fingerprint density at radius 2 is 1.68 bits per heavy atom. The molecule has 0 aliphatic heterocycles. The van der Waals surface area contributed by atoms with Crippen LogP contribution >= 0.6 is 0 Å². The molecule has 0 spiro atoms. The second-order valence-corrected chi connectivity index (χ2v) is 16.8. The van der Waals surface area contributed by atoms with E-state index in [1.165, 1.54) is 0 Å². The van der Waals surface area contributed by atoms with E-state index in [2.05, 4.69) is 46.0 Å². The van der Waals surface area contributed by atoms with Gasteiger partial charge in [0.15, 0.2) is 11.6 Å². The summed E-state index contributed by atoms with van der Waals surface area (Å²) in [4.78, 5) is 40.7. The molecule has 0 saturated heterocycles. The normalized spacial score (nSPS) is 42.5. The fourth-order valence-electron chi connectivity index (χ4n) is 10.9. The number of carbonyl (C=O) groups excluding carboxylic acids is 3. The summed E-state index contributed by atoms with van der Waals surface area (Å²) in [6.45, 7) is 19.7. The summed E-state index contributed by atoms with van der Waals surface area (Å²) in [5.41, 5.74) is 0.00681. The molecule has 1 N–H and O–H groups in total. The lowest BCUT2D eigenvalue weighted by molar-refractivity contribution is -0.173. The molecule has 7 unspecified atom stereocenters. The SMILES string of the molecule is CC(C)NC(=O)CCC12CCC(C)(C)CC1C1C(=O)C=C3C4(C)C=C(C#N)C(=O)C(C)(C)C4CCC3(C)C1(C)CC2. The zero-order chi connectivity index (χ0) is 30.4. The quantitative estimate of drug-likeness (QED) is 0.385. The van der Waals surface area contributed by atoms with E-state index in [0.717, 1.165) is 56.9 Å². The number of nitrogens with zero attached hydrogens (tertiary/aromatic N) is 1. The van der Waals surface area contributed by atoms with Gasteiger partial charge in [-0.15, -0.1) is 0 Å². The lowest BCUT2D eigenvalue weighted by atomic mass is 9.34. The van der Waals surface area contributed by atoms with E-state index in [9.17, 15) is 19.6 Å². The van der Waals surface area contributed by atoms with Crippen molar-refractivity contribution >= 4 is 17.5 Å². The van der Waals surface area contributed by atoms with Crippen molar-refractivity contribution in [1.82, 2.24) is 5.32 Å². The number of carbonyl (C=O) groups is 3. The first-order chi connectivity index (χ1) is 18.9. The minimum atomic E-state index is -0.650. The number of allylic oxidation sites excluding steroid dienone is 4. The summed E-state index contributed by atoms with van der Waals surface area (Å²) < 4.78 is 0. The van der Waals surface area contributed by atoms with Gasteiger partial charge in [0.2, 0.25) is 5.91 Å². The van der Waals surface area contributed by atoms with Gasteiger partial charge in [-0.25, -0.2) is 0 Å². The molecule has 5 nitrogen and oxygen atoms in total. The Labute approximate surface area is 248 Å². The highest BCUT2D eigenvalue weighted by atomic mass is 16.1. The average Bonchev–Trinajstić information content (AvgIpc) is 2.86. The fraction of sp³-hybridized carbons (Fsp3) is 0.778. The molecule has 0 aromatic carbocycles. The summed E-state index contributed by atoms with van der Waals surface area (Å²) in [7, 11) is 0. The summed E-state index contributed by atoms with van der Waals surface area (Å²) in [5.74, 6) is 0.529. The standard InChI is InChI=1S/C36H52N2O3/c1-22(2)38-28(40)11-13-36-16-14-31(3,4)20-24(36)29-25(39)18-27-33(7)19-23(21-37)30(41)32(5,6)26(33)10-12-34(27,8)35(29,9)15-17-36/h18-19,22,24,26,29H,10-17,20H2,1-9H3,(H,38,40). The molecule has 41 heavy (non-hydrogen) atoms. The van der Waals surface area contributed by atoms with Crippen molar-refractivity contribution in [2.24, 2.45) is 50.2 Å². The molecule has 7 atom stereocenters. The van der Waals surface area contributed by atoms with Crippen molar-refractivity contribution in [3.63, 3.8) is 0 Å². The molecule has 5 aliphatic rings. The Kier molecular flexibility index (Phi) is 6.93. The molecular formula is C36H52N2O3. The van der Waals surface area contributed by atoms with Crippen LogP contribution in [0.2, 0.25) is 0 Å². The van der Waals surface area contributed by atoms with Crippen LogP contribution in [0.3, 0.4) is 0 Å². The third-order valence-electron chi connectivity index (χ3n) is 13.3. The molecule has 0 aromatic rings. The molecule has 3 fully saturated rings. The number of rotatable bonds is 4. The summed E-state index contributed by atoms with van der Waals surface area (Å²) >= 11 is 0. The van der Waals surface area contributed by atoms with Crippen molar-refractivity contribution in [2.45, 2.75) is 126 Å². The number of hydrogen-bond acceptors (Lipinski definition) is 4. The lowest BCUT2D eigenvalue weighted by Crippen LogP contribution is -2.64. The van der Waals surface area contributed by atoms with Gasteiger partial charge in [-0.3, -0.25) is 14.4 Å². The fourth-order valence-corrected chi connectivity index (χ4v) is 10.9. The third-order valence-corrected chi connectivity index (χ3v) is 13.3. The minimum absolute atomic E-state index is 0.0135. The van der Waals surface area contributed by atoms with Gasteiger partial charge in [0, 0.05) is 29.2 Å². The van der Waals surface area contributed by atoms with Gasteiger partial charge in [-0.1, -0.05) is 60.1 Å². The third kappa shape index (κ3) is 4.24. The van der Waals surface area contributed by atoms with Crippen LogP contribution in [-0.4, -0.2) is 23.5 Å². The molecule has 5 aliphatic carbocycles. The second kappa shape index (κ2) is 9.39. The molecule has 3 saturated carbocycles. The van der Waals surface area contributed by atoms with Crippen LogP contribution in [0, 0.1) is 61.6 Å². The van der Waals surface area contributed by atoms with E-state index in [0.29, 0.717) is 6.42 Å².